The van der Waals surface area contributed by atoms with Crippen molar-refractivity contribution in [2.24, 2.45) is 0 Å². The standard InChI is InChI=1S/C23H36N2O4/c1-18-9-10-21(13-19(18)2)29-17-23(27)15-24(20-7-5-4-6-8-20)11-12-25(16-23)22(26)14-28-3/h9-10,13,20,27H,4-8,11-12,14-17H2,1-3H3/t23-/m1/s1. The van der Waals surface area contributed by atoms with Crippen LogP contribution in [0.5, 0.6) is 5.75 Å². The Morgan fingerprint density at radius 3 is 2.59 bits per heavy atom. The molecule has 6 heteroatoms. The lowest BCUT2D eigenvalue weighted by atomic mass is 9.93. The van der Waals surface area contributed by atoms with E-state index in [1.165, 1.54) is 44.8 Å². The molecule has 1 atom stereocenters. The van der Waals surface area contributed by atoms with Gasteiger partial charge in [-0.05, 0) is 49.9 Å². The van der Waals surface area contributed by atoms with Crippen LogP contribution in [0.15, 0.2) is 18.2 Å². The van der Waals surface area contributed by atoms with Crippen molar-refractivity contribution >= 4 is 5.91 Å². The average molecular weight is 405 g/mol. The van der Waals surface area contributed by atoms with Gasteiger partial charge in [0.2, 0.25) is 5.91 Å². The van der Waals surface area contributed by atoms with Crippen LogP contribution in [0, 0.1) is 13.8 Å². The quantitative estimate of drug-likeness (QED) is 0.790. The predicted octanol–water partition coefficient (Wildman–Crippen LogP) is 2.54. The van der Waals surface area contributed by atoms with Gasteiger partial charge < -0.3 is 19.5 Å². The largest absolute Gasteiger partial charge is 0.490 e. The zero-order chi connectivity index (χ0) is 20.9. The van der Waals surface area contributed by atoms with Crippen LogP contribution >= 0.6 is 0 Å². The number of aliphatic hydroxyl groups is 1. The van der Waals surface area contributed by atoms with Crippen molar-refractivity contribution in [1.82, 2.24) is 9.80 Å². The molecule has 1 heterocycles. The number of carbonyl (C=O) groups is 1. The molecular weight excluding hydrogens is 368 g/mol. The van der Waals surface area contributed by atoms with Crippen LogP contribution in [0.4, 0.5) is 0 Å². The summed E-state index contributed by atoms with van der Waals surface area (Å²) in [4.78, 5) is 16.6. The van der Waals surface area contributed by atoms with Gasteiger partial charge in [-0.2, -0.15) is 0 Å². The highest BCUT2D eigenvalue weighted by atomic mass is 16.5. The Morgan fingerprint density at radius 1 is 1.14 bits per heavy atom. The molecular formula is C23H36N2O4. The summed E-state index contributed by atoms with van der Waals surface area (Å²) >= 11 is 0. The summed E-state index contributed by atoms with van der Waals surface area (Å²) in [6.45, 7) is 6.52. The van der Waals surface area contributed by atoms with Gasteiger partial charge in [-0.15, -0.1) is 0 Å². The molecule has 2 aliphatic rings. The lowest BCUT2D eigenvalue weighted by molar-refractivity contribution is -0.138. The topological polar surface area (TPSA) is 62.2 Å². The Kier molecular flexibility index (Phi) is 7.55. The molecule has 29 heavy (non-hydrogen) atoms. The molecule has 1 aromatic carbocycles. The molecule has 1 aliphatic carbocycles. The van der Waals surface area contributed by atoms with E-state index in [9.17, 15) is 9.90 Å². The first-order chi connectivity index (χ1) is 13.9. The molecule has 3 rings (SSSR count). The molecule has 2 fully saturated rings. The smallest absolute Gasteiger partial charge is 0.248 e. The minimum absolute atomic E-state index is 0.0392. The van der Waals surface area contributed by atoms with Crippen molar-refractivity contribution in [3.8, 4) is 5.75 Å². The van der Waals surface area contributed by atoms with Crippen molar-refractivity contribution in [2.45, 2.75) is 57.6 Å². The number of rotatable bonds is 6. The second kappa shape index (κ2) is 9.92. The zero-order valence-electron chi connectivity index (χ0n) is 18.2. The summed E-state index contributed by atoms with van der Waals surface area (Å²) < 4.78 is 11.1. The Hall–Kier alpha value is -1.63. The third-order valence-corrected chi connectivity index (χ3v) is 6.34. The molecule has 6 nitrogen and oxygen atoms in total. The number of hydrogen-bond acceptors (Lipinski definition) is 5. The highest BCUT2D eigenvalue weighted by Crippen LogP contribution is 2.27. The van der Waals surface area contributed by atoms with Crippen LogP contribution in [0.1, 0.15) is 43.2 Å². The SMILES string of the molecule is COCC(=O)N1CCN(C2CCCCC2)C[C@](O)(COc2ccc(C)c(C)c2)C1. The molecule has 0 aromatic heterocycles. The van der Waals surface area contributed by atoms with Crippen LogP contribution < -0.4 is 4.74 Å². The summed E-state index contributed by atoms with van der Waals surface area (Å²) in [5.41, 5.74) is 1.26. The third-order valence-electron chi connectivity index (χ3n) is 6.34. The predicted molar refractivity (Wildman–Crippen MR) is 113 cm³/mol. The number of benzene rings is 1. The molecule has 0 radical (unpaired) electrons. The third kappa shape index (κ3) is 5.93. The average Bonchev–Trinajstić information content (AvgIpc) is 2.89. The van der Waals surface area contributed by atoms with Crippen molar-refractivity contribution in [3.05, 3.63) is 29.3 Å². The number of methoxy groups -OCH3 is 1. The van der Waals surface area contributed by atoms with Crippen molar-refractivity contribution in [2.75, 3.05) is 46.5 Å². The molecule has 1 aliphatic heterocycles. The van der Waals surface area contributed by atoms with E-state index in [1.807, 2.05) is 18.2 Å². The van der Waals surface area contributed by atoms with Gasteiger partial charge in [0.15, 0.2) is 0 Å². The first kappa shape index (κ1) is 22.1. The van der Waals surface area contributed by atoms with Gasteiger partial charge in [-0.25, -0.2) is 0 Å². The Balaban J connectivity index is 1.74. The normalized spacial score (nSPS) is 24.3. The molecule has 162 valence electrons. The van der Waals surface area contributed by atoms with Crippen molar-refractivity contribution in [3.63, 3.8) is 0 Å². The lowest BCUT2D eigenvalue weighted by Crippen LogP contribution is -2.54. The fourth-order valence-electron chi connectivity index (χ4n) is 4.49. The Labute approximate surface area is 174 Å². The van der Waals surface area contributed by atoms with Crippen LogP contribution in [-0.4, -0.2) is 79.0 Å². The Bertz CT molecular complexity index is 689. The Morgan fingerprint density at radius 2 is 1.90 bits per heavy atom. The van der Waals surface area contributed by atoms with Gasteiger partial charge in [0.05, 0.1) is 6.54 Å². The van der Waals surface area contributed by atoms with E-state index in [1.54, 1.807) is 4.90 Å². The van der Waals surface area contributed by atoms with E-state index in [4.69, 9.17) is 9.47 Å². The van der Waals surface area contributed by atoms with Crippen LogP contribution in [0.3, 0.4) is 0 Å². The number of nitrogens with zero attached hydrogens (tertiary/aromatic N) is 2. The zero-order valence-corrected chi connectivity index (χ0v) is 18.2. The van der Waals surface area contributed by atoms with Crippen molar-refractivity contribution < 1.29 is 19.4 Å². The maximum absolute atomic E-state index is 12.5. The molecule has 0 bridgehead atoms. The monoisotopic (exact) mass is 404 g/mol. The van der Waals surface area contributed by atoms with Crippen molar-refractivity contribution in [1.29, 1.82) is 0 Å². The number of β-amino-alcohol motifs (C(OH)–C–C–N with tert-alkyl or cyclic N) is 1. The number of aryl methyl sites for hydroxylation is 2. The van der Waals surface area contributed by atoms with E-state index in [0.29, 0.717) is 19.1 Å². The summed E-state index contributed by atoms with van der Waals surface area (Å²) in [5, 5.41) is 11.5. The first-order valence-corrected chi connectivity index (χ1v) is 10.8. The maximum atomic E-state index is 12.5. The molecule has 1 amide bonds. The summed E-state index contributed by atoms with van der Waals surface area (Å²) in [6.07, 6.45) is 6.11. The number of ether oxygens (including phenoxy) is 2. The lowest BCUT2D eigenvalue weighted by Gasteiger charge is -2.37. The van der Waals surface area contributed by atoms with Gasteiger partial charge in [-0.1, -0.05) is 25.3 Å². The molecule has 1 aromatic rings. The molecule has 0 spiro atoms. The van der Waals surface area contributed by atoms with E-state index in [2.05, 4.69) is 18.7 Å². The molecule has 1 saturated carbocycles. The summed E-state index contributed by atoms with van der Waals surface area (Å²) in [5.74, 6) is 0.673. The van der Waals surface area contributed by atoms with Gasteiger partial charge in [0.1, 0.15) is 24.6 Å². The molecule has 0 unspecified atom stereocenters. The second-order valence-corrected chi connectivity index (χ2v) is 8.77. The van der Waals surface area contributed by atoms with Gasteiger partial charge in [0, 0.05) is 32.8 Å². The van der Waals surface area contributed by atoms with Gasteiger partial charge in [-0.3, -0.25) is 9.69 Å². The van der Waals surface area contributed by atoms with Gasteiger partial charge >= 0.3 is 0 Å². The summed E-state index contributed by atoms with van der Waals surface area (Å²) in [6, 6.07) is 6.45. The number of carbonyl (C=O) groups excluding carboxylic acids is 1. The molecule has 1 N–H and O–H groups in total. The highest BCUT2D eigenvalue weighted by Gasteiger charge is 2.39. The van der Waals surface area contributed by atoms with E-state index >= 15 is 0 Å². The van der Waals surface area contributed by atoms with Crippen LogP contribution in [0.25, 0.3) is 0 Å². The maximum Gasteiger partial charge on any atom is 0.248 e. The fraction of sp³-hybridized carbons (Fsp3) is 0.696. The number of amides is 1. The highest BCUT2D eigenvalue weighted by molar-refractivity contribution is 5.77. The summed E-state index contributed by atoms with van der Waals surface area (Å²) in [7, 11) is 1.53. The molecule has 1 saturated heterocycles. The van der Waals surface area contributed by atoms with E-state index in [0.717, 1.165) is 17.9 Å². The second-order valence-electron chi connectivity index (χ2n) is 8.77. The minimum atomic E-state index is -1.11. The van der Waals surface area contributed by atoms with Crippen LogP contribution in [0.2, 0.25) is 0 Å². The van der Waals surface area contributed by atoms with Gasteiger partial charge in [0.25, 0.3) is 0 Å². The van der Waals surface area contributed by atoms with E-state index in [-0.39, 0.29) is 25.7 Å². The fourth-order valence-corrected chi connectivity index (χ4v) is 4.49. The minimum Gasteiger partial charge on any atom is -0.490 e. The first-order valence-electron chi connectivity index (χ1n) is 10.8. The number of hydrogen-bond donors (Lipinski definition) is 1. The van der Waals surface area contributed by atoms with Crippen LogP contribution in [-0.2, 0) is 9.53 Å². The van der Waals surface area contributed by atoms with E-state index < -0.39 is 5.60 Å².